The molecule has 4 rings (SSSR count). The lowest BCUT2D eigenvalue weighted by Gasteiger charge is -1.98. The summed E-state index contributed by atoms with van der Waals surface area (Å²) in [5.41, 5.74) is 1.94. The van der Waals surface area contributed by atoms with Gasteiger partial charge in [0.1, 0.15) is 16.5 Å². The highest BCUT2D eigenvalue weighted by Gasteiger charge is 2.14. The van der Waals surface area contributed by atoms with Crippen LogP contribution < -0.4 is 10.1 Å². The second-order valence-corrected chi connectivity index (χ2v) is 7.44. The third-order valence-corrected chi connectivity index (χ3v) is 5.32. The molecule has 29 heavy (non-hydrogen) atoms. The van der Waals surface area contributed by atoms with Crippen molar-refractivity contribution in [3.05, 3.63) is 70.9 Å². The average Bonchev–Trinajstić information content (AvgIpc) is 3.38. The summed E-state index contributed by atoms with van der Waals surface area (Å²) in [7, 11) is 1.60. The normalized spacial score (nSPS) is 10.8. The van der Waals surface area contributed by atoms with E-state index in [1.54, 1.807) is 25.3 Å². The summed E-state index contributed by atoms with van der Waals surface area (Å²) < 4.78 is 5.20. The van der Waals surface area contributed by atoms with Crippen LogP contribution in [0.15, 0.2) is 54.6 Å². The molecule has 0 radical (unpaired) electrons. The highest BCUT2D eigenvalue weighted by Crippen LogP contribution is 2.23. The van der Waals surface area contributed by atoms with E-state index in [4.69, 9.17) is 4.74 Å². The number of aryl methyl sites for hydroxylation is 1. The van der Waals surface area contributed by atoms with Crippen LogP contribution in [0.2, 0.25) is 0 Å². The summed E-state index contributed by atoms with van der Waals surface area (Å²) in [5, 5.41) is 12.8. The van der Waals surface area contributed by atoms with E-state index in [2.05, 4.69) is 20.5 Å². The summed E-state index contributed by atoms with van der Waals surface area (Å²) >= 11 is 1.27. The summed E-state index contributed by atoms with van der Waals surface area (Å²) in [4.78, 5) is 27.8. The molecule has 0 saturated carbocycles. The molecule has 0 fully saturated rings. The van der Waals surface area contributed by atoms with Crippen LogP contribution in [0, 0.1) is 0 Å². The van der Waals surface area contributed by atoms with Crippen LogP contribution in [0.25, 0.3) is 10.9 Å². The minimum absolute atomic E-state index is 0.0555. The number of anilines is 1. The van der Waals surface area contributed by atoms with Crippen LogP contribution in [-0.4, -0.2) is 34.0 Å². The molecule has 0 aliphatic heterocycles. The molecule has 8 heteroatoms. The van der Waals surface area contributed by atoms with Crippen molar-refractivity contribution < 1.29 is 14.3 Å². The number of hydrogen-bond donors (Lipinski definition) is 2. The van der Waals surface area contributed by atoms with Crippen LogP contribution in [0.3, 0.4) is 0 Å². The molecule has 2 heterocycles. The Balaban J connectivity index is 1.38. The number of benzene rings is 2. The minimum Gasteiger partial charge on any atom is -0.497 e. The molecule has 4 aromatic rings. The van der Waals surface area contributed by atoms with E-state index in [0.29, 0.717) is 34.2 Å². The minimum atomic E-state index is -0.303. The van der Waals surface area contributed by atoms with Gasteiger partial charge in [0.05, 0.1) is 7.11 Å². The van der Waals surface area contributed by atoms with Gasteiger partial charge in [0.2, 0.25) is 5.13 Å². The van der Waals surface area contributed by atoms with E-state index < -0.39 is 0 Å². The van der Waals surface area contributed by atoms with Gasteiger partial charge in [-0.05, 0) is 24.3 Å². The van der Waals surface area contributed by atoms with E-state index >= 15 is 0 Å². The lowest BCUT2D eigenvalue weighted by atomic mass is 10.1. The second kappa shape index (κ2) is 8.24. The highest BCUT2D eigenvalue weighted by molar-refractivity contribution is 7.15. The van der Waals surface area contributed by atoms with Crippen LogP contribution in [0.1, 0.15) is 32.3 Å². The molecule has 7 nitrogen and oxygen atoms in total. The van der Waals surface area contributed by atoms with Crippen molar-refractivity contribution >= 4 is 39.1 Å². The first kappa shape index (κ1) is 18.8. The number of ether oxygens (including phenoxy) is 1. The van der Waals surface area contributed by atoms with Crippen molar-refractivity contribution in [2.24, 2.45) is 0 Å². The first-order chi connectivity index (χ1) is 14.1. The second-order valence-electron chi connectivity index (χ2n) is 6.38. The number of Topliss-reactive ketones (excluding diaryl/α,β-unsaturated/α-hetero) is 1. The van der Waals surface area contributed by atoms with Gasteiger partial charge >= 0.3 is 0 Å². The topological polar surface area (TPSA) is 97.0 Å². The van der Waals surface area contributed by atoms with Crippen molar-refractivity contribution in [1.82, 2.24) is 15.2 Å². The fourth-order valence-electron chi connectivity index (χ4n) is 2.92. The van der Waals surface area contributed by atoms with Crippen LogP contribution >= 0.6 is 11.3 Å². The average molecular weight is 406 g/mol. The van der Waals surface area contributed by atoms with E-state index in [0.717, 1.165) is 16.7 Å². The van der Waals surface area contributed by atoms with Crippen LogP contribution in [-0.2, 0) is 6.42 Å². The van der Waals surface area contributed by atoms with Crippen molar-refractivity contribution in [1.29, 1.82) is 0 Å². The quantitative estimate of drug-likeness (QED) is 0.451. The predicted octanol–water partition coefficient (Wildman–Crippen LogP) is 4.10. The fraction of sp³-hybridized carbons (Fsp3) is 0.143. The van der Waals surface area contributed by atoms with Gasteiger partial charge in [-0.15, -0.1) is 10.2 Å². The zero-order chi connectivity index (χ0) is 20.2. The summed E-state index contributed by atoms with van der Waals surface area (Å²) in [6.07, 6.45) is 0.823. The molecule has 0 spiro atoms. The van der Waals surface area contributed by atoms with Gasteiger partial charge in [0.15, 0.2) is 5.78 Å². The Labute approximate surface area is 170 Å². The zero-order valence-electron chi connectivity index (χ0n) is 15.6. The fourth-order valence-corrected chi connectivity index (χ4v) is 3.65. The number of carbonyl (C=O) groups is 2. The number of aromatic nitrogens is 3. The Morgan fingerprint density at radius 1 is 1.10 bits per heavy atom. The lowest BCUT2D eigenvalue weighted by Crippen LogP contribution is -2.11. The molecule has 0 aliphatic rings. The molecule has 0 aliphatic carbocycles. The zero-order valence-corrected chi connectivity index (χ0v) is 16.5. The van der Waals surface area contributed by atoms with Gasteiger partial charge in [-0.2, -0.15) is 0 Å². The number of methoxy groups -OCH3 is 1. The number of H-pyrrole nitrogens is 1. The number of nitrogens with one attached hydrogen (secondary N) is 2. The molecule has 0 atom stereocenters. The smallest absolute Gasteiger partial charge is 0.273 e. The molecule has 2 N–H and O–H groups in total. The Bertz CT molecular complexity index is 1170. The van der Waals surface area contributed by atoms with Crippen LogP contribution in [0.5, 0.6) is 5.75 Å². The SMILES string of the molecule is COc1ccc2[nH]c(C(=O)Nc3nnc(CCC(=O)c4ccccc4)s3)cc2c1. The summed E-state index contributed by atoms with van der Waals surface area (Å²) in [5.74, 6) is 0.477. The number of fused-ring (bicyclic) bond motifs is 1. The van der Waals surface area contributed by atoms with Gasteiger partial charge in [-0.25, -0.2) is 0 Å². The van der Waals surface area contributed by atoms with Gasteiger partial charge in [-0.3, -0.25) is 14.9 Å². The molecule has 1 amide bonds. The summed E-state index contributed by atoms with van der Waals surface area (Å²) in [6.45, 7) is 0. The summed E-state index contributed by atoms with van der Waals surface area (Å²) in [6, 6.07) is 16.4. The van der Waals surface area contributed by atoms with Gasteiger partial charge in [-0.1, -0.05) is 41.7 Å². The first-order valence-corrected chi connectivity index (χ1v) is 9.83. The number of carbonyl (C=O) groups excluding carboxylic acids is 2. The molecule has 0 bridgehead atoms. The molecule has 2 aromatic heterocycles. The molecular formula is C21H18N4O3S. The maximum Gasteiger partial charge on any atom is 0.273 e. The number of amides is 1. The molecule has 0 unspecified atom stereocenters. The first-order valence-electron chi connectivity index (χ1n) is 9.01. The predicted molar refractivity (Wildman–Crippen MR) is 112 cm³/mol. The maximum absolute atomic E-state index is 12.5. The van der Waals surface area contributed by atoms with Crippen LogP contribution in [0.4, 0.5) is 5.13 Å². The van der Waals surface area contributed by atoms with E-state index in [-0.39, 0.29) is 11.7 Å². The Morgan fingerprint density at radius 3 is 2.72 bits per heavy atom. The maximum atomic E-state index is 12.5. The third-order valence-electron chi connectivity index (χ3n) is 4.42. The third kappa shape index (κ3) is 4.33. The van der Waals surface area contributed by atoms with Crippen molar-refractivity contribution in [2.75, 3.05) is 12.4 Å². The van der Waals surface area contributed by atoms with Crippen molar-refractivity contribution in [3.8, 4) is 5.75 Å². The standard InChI is InChI=1S/C21H18N4O3S/c1-28-15-7-8-16-14(11-15)12-17(22-16)20(27)23-21-25-24-19(29-21)10-9-18(26)13-5-3-2-4-6-13/h2-8,11-12,22H,9-10H2,1H3,(H,23,25,27). The van der Waals surface area contributed by atoms with E-state index in [1.807, 2.05) is 36.4 Å². The van der Waals surface area contributed by atoms with Gasteiger partial charge in [0, 0.05) is 29.3 Å². The number of rotatable bonds is 7. The van der Waals surface area contributed by atoms with Crippen molar-refractivity contribution in [3.63, 3.8) is 0 Å². The molecule has 2 aromatic carbocycles. The number of aromatic amines is 1. The Kier molecular flexibility index (Phi) is 5.35. The Hall–Kier alpha value is -3.52. The monoisotopic (exact) mass is 406 g/mol. The lowest BCUT2D eigenvalue weighted by molar-refractivity contribution is 0.0981. The molecule has 0 saturated heterocycles. The molecule has 146 valence electrons. The van der Waals surface area contributed by atoms with E-state index in [1.165, 1.54) is 11.3 Å². The largest absolute Gasteiger partial charge is 0.497 e. The molecular weight excluding hydrogens is 388 g/mol. The number of hydrogen-bond acceptors (Lipinski definition) is 6. The number of ketones is 1. The van der Waals surface area contributed by atoms with Gasteiger partial charge < -0.3 is 9.72 Å². The van der Waals surface area contributed by atoms with Gasteiger partial charge in [0.25, 0.3) is 5.91 Å². The van der Waals surface area contributed by atoms with E-state index in [9.17, 15) is 9.59 Å². The highest BCUT2D eigenvalue weighted by atomic mass is 32.1. The van der Waals surface area contributed by atoms with Crippen molar-refractivity contribution in [2.45, 2.75) is 12.8 Å². The Morgan fingerprint density at radius 2 is 1.93 bits per heavy atom. The number of nitrogens with zero attached hydrogens (tertiary/aromatic N) is 2.